The van der Waals surface area contributed by atoms with E-state index in [1.165, 1.54) is 4.31 Å². The molecular formula is C18H18N2O6S. The minimum Gasteiger partial charge on any atom is -0.486 e. The number of ether oxygens (including phenoxy) is 3. The van der Waals surface area contributed by atoms with Crippen molar-refractivity contribution in [2.45, 2.75) is 6.10 Å². The third-order valence-corrected chi connectivity index (χ3v) is 5.38. The van der Waals surface area contributed by atoms with E-state index < -0.39 is 22.0 Å². The van der Waals surface area contributed by atoms with Crippen LogP contribution in [0.15, 0.2) is 42.5 Å². The van der Waals surface area contributed by atoms with Crippen LogP contribution in [0.5, 0.6) is 17.2 Å². The molecule has 0 fully saturated rings. The Morgan fingerprint density at radius 2 is 1.81 bits per heavy atom. The summed E-state index contributed by atoms with van der Waals surface area (Å²) in [7, 11) is -3.55. The maximum absolute atomic E-state index is 12.7. The summed E-state index contributed by atoms with van der Waals surface area (Å²) in [4.78, 5) is 12.7. The lowest BCUT2D eigenvalue weighted by molar-refractivity contribution is -0.122. The van der Waals surface area contributed by atoms with Crippen molar-refractivity contribution < 1.29 is 27.4 Å². The van der Waals surface area contributed by atoms with Crippen LogP contribution < -0.4 is 23.8 Å². The molecule has 2 aliphatic rings. The van der Waals surface area contributed by atoms with Crippen LogP contribution in [0.4, 0.5) is 11.4 Å². The molecule has 4 rings (SSSR count). The molecule has 0 bridgehead atoms. The summed E-state index contributed by atoms with van der Waals surface area (Å²) in [6, 6.07) is 11.8. The van der Waals surface area contributed by atoms with E-state index in [1.807, 2.05) is 0 Å². The van der Waals surface area contributed by atoms with Crippen LogP contribution in [0, 0.1) is 0 Å². The monoisotopic (exact) mass is 390 g/mol. The molecule has 0 radical (unpaired) electrons. The fourth-order valence-corrected chi connectivity index (χ4v) is 3.91. The standard InChI is InChI=1S/C18H18N2O6S/c1-27(22,23)20-11-17(26-14-5-3-2-4-13(14)20)18(21)19-12-6-7-15-16(10-12)25-9-8-24-15/h2-7,10,17H,8-9,11H2,1H3,(H,19,21)/t17-/m1/s1. The first-order chi connectivity index (χ1) is 12.9. The maximum atomic E-state index is 12.7. The summed E-state index contributed by atoms with van der Waals surface area (Å²) >= 11 is 0. The Kier molecular flexibility index (Phi) is 4.31. The third kappa shape index (κ3) is 3.50. The van der Waals surface area contributed by atoms with Crippen molar-refractivity contribution in [2.75, 3.05) is 35.6 Å². The van der Waals surface area contributed by atoms with Gasteiger partial charge in [-0.25, -0.2) is 8.42 Å². The van der Waals surface area contributed by atoms with Gasteiger partial charge < -0.3 is 19.5 Å². The van der Waals surface area contributed by atoms with Gasteiger partial charge in [0.1, 0.15) is 19.0 Å². The number of sulfonamides is 1. The summed E-state index contributed by atoms with van der Waals surface area (Å²) in [5.74, 6) is 1.06. The van der Waals surface area contributed by atoms with Crippen molar-refractivity contribution in [3.8, 4) is 17.2 Å². The number of nitrogens with zero attached hydrogens (tertiary/aromatic N) is 1. The number of hydrogen-bond donors (Lipinski definition) is 1. The number of amides is 1. The van der Waals surface area contributed by atoms with E-state index in [4.69, 9.17) is 14.2 Å². The van der Waals surface area contributed by atoms with Gasteiger partial charge in [0.2, 0.25) is 10.0 Å². The van der Waals surface area contributed by atoms with Gasteiger partial charge in [-0.15, -0.1) is 0 Å². The molecule has 2 aliphatic heterocycles. The fourth-order valence-electron chi connectivity index (χ4n) is 3.00. The first kappa shape index (κ1) is 17.5. The highest BCUT2D eigenvalue weighted by Gasteiger charge is 2.35. The van der Waals surface area contributed by atoms with Gasteiger partial charge in [-0.05, 0) is 24.3 Å². The average Bonchev–Trinajstić information content (AvgIpc) is 2.66. The zero-order valence-electron chi connectivity index (χ0n) is 14.5. The molecule has 0 saturated carbocycles. The minimum atomic E-state index is -3.55. The van der Waals surface area contributed by atoms with E-state index in [2.05, 4.69) is 5.32 Å². The van der Waals surface area contributed by atoms with E-state index in [-0.39, 0.29) is 6.54 Å². The molecule has 0 spiro atoms. The Morgan fingerprint density at radius 3 is 2.59 bits per heavy atom. The van der Waals surface area contributed by atoms with E-state index in [1.54, 1.807) is 42.5 Å². The maximum Gasteiger partial charge on any atom is 0.267 e. The molecule has 8 nitrogen and oxygen atoms in total. The van der Waals surface area contributed by atoms with E-state index >= 15 is 0 Å². The normalized spacial score (nSPS) is 18.3. The SMILES string of the molecule is CS(=O)(=O)N1C[C@H](C(=O)Nc2ccc3c(c2)OCCO3)Oc2ccccc21. The number of carbonyl (C=O) groups is 1. The predicted octanol–water partition coefficient (Wildman–Crippen LogP) is 1.62. The first-order valence-corrected chi connectivity index (χ1v) is 10.2. The minimum absolute atomic E-state index is 0.105. The Morgan fingerprint density at radius 1 is 1.07 bits per heavy atom. The summed E-state index contributed by atoms with van der Waals surface area (Å²) in [6.45, 7) is 0.817. The van der Waals surface area contributed by atoms with E-state index in [0.717, 1.165) is 6.26 Å². The molecule has 0 saturated heterocycles. The molecule has 27 heavy (non-hydrogen) atoms. The molecule has 1 amide bonds. The average molecular weight is 390 g/mol. The van der Waals surface area contributed by atoms with Gasteiger partial charge in [0.15, 0.2) is 17.6 Å². The highest BCUT2D eigenvalue weighted by Crippen LogP contribution is 2.35. The van der Waals surface area contributed by atoms with Gasteiger partial charge in [-0.2, -0.15) is 0 Å². The number of carbonyl (C=O) groups excluding carboxylic acids is 1. The Balaban J connectivity index is 1.56. The zero-order chi connectivity index (χ0) is 19.0. The molecule has 0 aromatic heterocycles. The largest absolute Gasteiger partial charge is 0.486 e. The predicted molar refractivity (Wildman–Crippen MR) is 99.1 cm³/mol. The molecule has 9 heteroatoms. The molecule has 1 N–H and O–H groups in total. The summed E-state index contributed by atoms with van der Waals surface area (Å²) in [6.07, 6.45) is 0.119. The van der Waals surface area contributed by atoms with Crippen molar-refractivity contribution in [1.29, 1.82) is 0 Å². The van der Waals surface area contributed by atoms with Crippen LogP contribution in [0.2, 0.25) is 0 Å². The first-order valence-electron chi connectivity index (χ1n) is 8.36. The van der Waals surface area contributed by atoms with Crippen molar-refractivity contribution >= 4 is 27.3 Å². The number of nitrogens with one attached hydrogen (secondary N) is 1. The molecule has 1 atom stereocenters. The lowest BCUT2D eigenvalue weighted by Gasteiger charge is -2.33. The second-order valence-electron chi connectivity index (χ2n) is 6.22. The summed E-state index contributed by atoms with van der Waals surface area (Å²) in [5, 5.41) is 2.74. The van der Waals surface area contributed by atoms with Crippen LogP contribution in [-0.4, -0.2) is 46.4 Å². The third-order valence-electron chi connectivity index (χ3n) is 4.24. The quantitative estimate of drug-likeness (QED) is 0.856. The van der Waals surface area contributed by atoms with E-state index in [9.17, 15) is 13.2 Å². The Labute approximate surface area is 156 Å². The van der Waals surface area contributed by atoms with Gasteiger partial charge >= 0.3 is 0 Å². The molecular weight excluding hydrogens is 372 g/mol. The summed E-state index contributed by atoms with van der Waals surface area (Å²) < 4.78 is 42.2. The van der Waals surface area contributed by atoms with Crippen LogP contribution in [0.1, 0.15) is 0 Å². The lowest BCUT2D eigenvalue weighted by atomic mass is 10.2. The van der Waals surface area contributed by atoms with Crippen LogP contribution in [0.25, 0.3) is 0 Å². The molecule has 2 aromatic carbocycles. The number of para-hydroxylation sites is 2. The van der Waals surface area contributed by atoms with Crippen molar-refractivity contribution in [3.63, 3.8) is 0 Å². The second kappa shape index (κ2) is 6.66. The Hall–Kier alpha value is -2.94. The zero-order valence-corrected chi connectivity index (χ0v) is 15.4. The second-order valence-corrected chi connectivity index (χ2v) is 8.12. The van der Waals surface area contributed by atoms with Crippen LogP contribution >= 0.6 is 0 Å². The van der Waals surface area contributed by atoms with Gasteiger partial charge in [-0.1, -0.05) is 12.1 Å². The van der Waals surface area contributed by atoms with Gasteiger partial charge in [0, 0.05) is 11.8 Å². The highest BCUT2D eigenvalue weighted by molar-refractivity contribution is 7.92. The van der Waals surface area contributed by atoms with Gasteiger partial charge in [0.25, 0.3) is 5.91 Å². The van der Waals surface area contributed by atoms with Crippen LogP contribution in [0.3, 0.4) is 0 Å². The molecule has 2 heterocycles. The smallest absolute Gasteiger partial charge is 0.267 e. The number of anilines is 2. The van der Waals surface area contributed by atoms with Crippen LogP contribution in [-0.2, 0) is 14.8 Å². The number of fused-ring (bicyclic) bond motifs is 2. The van der Waals surface area contributed by atoms with E-state index in [0.29, 0.717) is 41.8 Å². The Bertz CT molecular complexity index is 991. The molecule has 142 valence electrons. The molecule has 0 aliphatic carbocycles. The lowest BCUT2D eigenvalue weighted by Crippen LogP contribution is -2.48. The fraction of sp³-hybridized carbons (Fsp3) is 0.278. The van der Waals surface area contributed by atoms with Gasteiger partial charge in [0.05, 0.1) is 18.5 Å². The van der Waals surface area contributed by atoms with Crippen molar-refractivity contribution in [1.82, 2.24) is 0 Å². The molecule has 0 unspecified atom stereocenters. The number of hydrogen-bond acceptors (Lipinski definition) is 6. The van der Waals surface area contributed by atoms with Gasteiger partial charge in [-0.3, -0.25) is 9.10 Å². The molecule has 2 aromatic rings. The summed E-state index contributed by atoms with van der Waals surface area (Å²) in [5.41, 5.74) is 0.931. The number of rotatable bonds is 3. The topological polar surface area (TPSA) is 94.2 Å². The number of benzene rings is 2. The van der Waals surface area contributed by atoms with Crippen molar-refractivity contribution in [3.05, 3.63) is 42.5 Å². The highest BCUT2D eigenvalue weighted by atomic mass is 32.2. The van der Waals surface area contributed by atoms with Crippen molar-refractivity contribution in [2.24, 2.45) is 0 Å².